The highest BCUT2D eigenvalue weighted by atomic mass is 16.5. The van der Waals surface area contributed by atoms with Gasteiger partial charge in [-0.15, -0.1) is 5.73 Å². The number of furan rings is 1. The number of esters is 1. The fourth-order valence-corrected chi connectivity index (χ4v) is 1.46. The summed E-state index contributed by atoms with van der Waals surface area (Å²) in [7, 11) is 0. The Morgan fingerprint density at radius 2 is 2.00 bits per heavy atom. The highest BCUT2D eigenvalue weighted by molar-refractivity contribution is 5.88. The van der Waals surface area contributed by atoms with Crippen LogP contribution >= 0.6 is 0 Å². The summed E-state index contributed by atoms with van der Waals surface area (Å²) in [6.07, 6.45) is 3.23. The van der Waals surface area contributed by atoms with E-state index in [1.165, 1.54) is 6.26 Å². The normalized spacial score (nSPS) is 9.58. The Morgan fingerprint density at radius 3 is 2.68 bits per heavy atom. The summed E-state index contributed by atoms with van der Waals surface area (Å²) in [5.41, 5.74) is 4.93. The van der Waals surface area contributed by atoms with Gasteiger partial charge in [0.15, 0.2) is 0 Å². The third-order valence-corrected chi connectivity index (χ3v) is 2.36. The summed E-state index contributed by atoms with van der Waals surface area (Å²) in [6.45, 7) is 3.90. The van der Waals surface area contributed by atoms with Gasteiger partial charge in [0.2, 0.25) is 5.76 Å². The molecule has 0 saturated heterocycles. The standard InChI is InChI=1S/C16H14O3/c1-12(2)9-10-13-6-3-4-7-14(13)19-16(17)15-8-5-11-18-15/h3-8,10-11H,1-2H3. The third-order valence-electron chi connectivity index (χ3n) is 2.36. The van der Waals surface area contributed by atoms with Crippen LogP contribution < -0.4 is 4.74 Å². The van der Waals surface area contributed by atoms with Crippen LogP contribution in [0.3, 0.4) is 0 Å². The van der Waals surface area contributed by atoms with E-state index in [-0.39, 0.29) is 5.76 Å². The van der Waals surface area contributed by atoms with E-state index >= 15 is 0 Å². The molecule has 19 heavy (non-hydrogen) atoms. The molecule has 3 heteroatoms. The van der Waals surface area contributed by atoms with Crippen molar-refractivity contribution in [1.29, 1.82) is 0 Å². The summed E-state index contributed by atoms with van der Waals surface area (Å²) in [5.74, 6) is 0.154. The molecule has 0 bridgehead atoms. The Hall–Kier alpha value is -2.51. The molecule has 1 aromatic carbocycles. The van der Waals surface area contributed by atoms with Gasteiger partial charge >= 0.3 is 5.97 Å². The quantitative estimate of drug-likeness (QED) is 0.470. The van der Waals surface area contributed by atoms with Crippen molar-refractivity contribution in [2.45, 2.75) is 13.8 Å². The maximum Gasteiger partial charge on any atom is 0.379 e. The highest BCUT2D eigenvalue weighted by Gasteiger charge is 2.12. The number of ether oxygens (including phenoxy) is 1. The van der Waals surface area contributed by atoms with Gasteiger partial charge in [0.1, 0.15) is 5.75 Å². The van der Waals surface area contributed by atoms with E-state index in [4.69, 9.17) is 9.15 Å². The van der Waals surface area contributed by atoms with Gasteiger partial charge in [-0.2, -0.15) is 0 Å². The Kier molecular flexibility index (Phi) is 4.01. The van der Waals surface area contributed by atoms with Crippen LogP contribution in [0.5, 0.6) is 5.75 Å². The van der Waals surface area contributed by atoms with Crippen molar-refractivity contribution >= 4 is 12.0 Å². The van der Waals surface area contributed by atoms with Crippen LogP contribution in [0.25, 0.3) is 6.08 Å². The Labute approximate surface area is 111 Å². The second-order valence-electron chi connectivity index (χ2n) is 4.19. The molecule has 3 nitrogen and oxygen atoms in total. The lowest BCUT2D eigenvalue weighted by Crippen LogP contribution is -2.07. The zero-order valence-corrected chi connectivity index (χ0v) is 10.8. The minimum absolute atomic E-state index is 0.181. The predicted octanol–water partition coefficient (Wildman–Crippen LogP) is 4.08. The first kappa shape index (κ1) is 12.9. The molecule has 0 spiro atoms. The summed E-state index contributed by atoms with van der Waals surface area (Å²) < 4.78 is 10.3. The van der Waals surface area contributed by atoms with Crippen molar-refractivity contribution in [3.63, 3.8) is 0 Å². The minimum atomic E-state index is -0.511. The van der Waals surface area contributed by atoms with Crippen LogP contribution in [-0.2, 0) is 0 Å². The smallest absolute Gasteiger partial charge is 0.379 e. The Bertz CT molecular complexity index is 626. The molecular weight excluding hydrogens is 240 g/mol. The summed E-state index contributed by atoms with van der Waals surface area (Å²) in [5, 5.41) is 0. The average molecular weight is 254 g/mol. The van der Waals surface area contributed by atoms with Crippen LogP contribution in [0, 0.1) is 0 Å². The summed E-state index contributed by atoms with van der Waals surface area (Å²) in [6, 6.07) is 10.5. The molecule has 2 aromatic rings. The van der Waals surface area contributed by atoms with Crippen molar-refractivity contribution in [3.8, 4) is 5.75 Å². The molecular formula is C16H14O3. The third kappa shape index (κ3) is 3.47. The Morgan fingerprint density at radius 1 is 1.21 bits per heavy atom. The van der Waals surface area contributed by atoms with Crippen LogP contribution in [0.15, 0.2) is 58.4 Å². The molecule has 0 aliphatic heterocycles. The number of allylic oxidation sites excluding steroid dienone is 1. The number of hydrogen-bond acceptors (Lipinski definition) is 3. The van der Waals surface area contributed by atoms with Crippen molar-refractivity contribution < 1.29 is 13.9 Å². The van der Waals surface area contributed by atoms with E-state index < -0.39 is 5.97 Å². The lowest BCUT2D eigenvalue weighted by Gasteiger charge is -2.05. The van der Waals surface area contributed by atoms with Gasteiger partial charge in [-0.1, -0.05) is 18.2 Å². The molecule has 0 unspecified atom stereocenters. The van der Waals surface area contributed by atoms with E-state index in [0.29, 0.717) is 5.75 Å². The summed E-state index contributed by atoms with van der Waals surface area (Å²) >= 11 is 0. The van der Waals surface area contributed by atoms with Crippen molar-refractivity contribution in [1.82, 2.24) is 0 Å². The van der Waals surface area contributed by atoms with Gasteiger partial charge in [0, 0.05) is 5.56 Å². The molecule has 0 radical (unpaired) electrons. The Balaban J connectivity index is 2.26. The topological polar surface area (TPSA) is 39.4 Å². The molecule has 1 heterocycles. The molecule has 1 aromatic heterocycles. The zero-order valence-electron chi connectivity index (χ0n) is 10.8. The monoisotopic (exact) mass is 254 g/mol. The van der Waals surface area contributed by atoms with Crippen molar-refractivity contribution in [2.75, 3.05) is 0 Å². The van der Waals surface area contributed by atoms with Gasteiger partial charge in [-0.25, -0.2) is 4.79 Å². The van der Waals surface area contributed by atoms with Gasteiger partial charge in [-0.3, -0.25) is 0 Å². The molecule has 0 saturated carbocycles. The first-order valence-corrected chi connectivity index (χ1v) is 5.91. The first-order chi connectivity index (χ1) is 9.16. The molecule has 96 valence electrons. The van der Waals surface area contributed by atoms with Crippen molar-refractivity contribution in [2.24, 2.45) is 0 Å². The molecule has 2 rings (SSSR count). The molecule has 0 fully saturated rings. The molecule has 0 aliphatic carbocycles. The average Bonchev–Trinajstić information content (AvgIpc) is 2.91. The fraction of sp³-hybridized carbons (Fsp3) is 0.125. The number of carbonyl (C=O) groups excluding carboxylic acids is 1. The lowest BCUT2D eigenvalue weighted by atomic mass is 10.2. The second kappa shape index (κ2) is 5.89. The fourth-order valence-electron chi connectivity index (χ4n) is 1.46. The molecule has 0 aliphatic rings. The number of para-hydroxylation sites is 1. The van der Waals surface area contributed by atoms with Gasteiger partial charge in [0.25, 0.3) is 0 Å². The molecule has 0 N–H and O–H groups in total. The number of rotatable bonds is 3. The number of carbonyl (C=O) groups is 1. The van der Waals surface area contributed by atoms with E-state index in [1.807, 2.05) is 32.0 Å². The lowest BCUT2D eigenvalue weighted by molar-refractivity contribution is 0.0701. The SMILES string of the molecule is CC(C)=C=Cc1ccccc1OC(=O)c1ccco1. The first-order valence-electron chi connectivity index (χ1n) is 5.91. The van der Waals surface area contributed by atoms with E-state index in [2.05, 4.69) is 5.73 Å². The second-order valence-corrected chi connectivity index (χ2v) is 4.19. The van der Waals surface area contributed by atoms with Crippen LogP contribution in [0.2, 0.25) is 0 Å². The molecule has 0 amide bonds. The van der Waals surface area contributed by atoms with Crippen LogP contribution in [-0.4, -0.2) is 5.97 Å². The van der Waals surface area contributed by atoms with Gasteiger partial charge in [0.05, 0.1) is 6.26 Å². The summed E-state index contributed by atoms with van der Waals surface area (Å²) in [4.78, 5) is 11.8. The maximum absolute atomic E-state index is 11.8. The number of hydrogen-bond donors (Lipinski definition) is 0. The van der Waals surface area contributed by atoms with Gasteiger partial charge < -0.3 is 9.15 Å². The van der Waals surface area contributed by atoms with Crippen LogP contribution in [0.4, 0.5) is 0 Å². The van der Waals surface area contributed by atoms with Crippen molar-refractivity contribution in [3.05, 3.63) is 65.3 Å². The van der Waals surface area contributed by atoms with Gasteiger partial charge in [-0.05, 0) is 43.7 Å². The van der Waals surface area contributed by atoms with E-state index in [0.717, 1.165) is 11.1 Å². The van der Waals surface area contributed by atoms with E-state index in [1.54, 1.807) is 24.3 Å². The van der Waals surface area contributed by atoms with Crippen LogP contribution in [0.1, 0.15) is 30.0 Å². The number of benzene rings is 1. The molecule has 0 atom stereocenters. The zero-order chi connectivity index (χ0) is 13.7. The largest absolute Gasteiger partial charge is 0.457 e. The predicted molar refractivity (Wildman–Crippen MR) is 72.9 cm³/mol. The van der Waals surface area contributed by atoms with E-state index in [9.17, 15) is 4.79 Å². The maximum atomic E-state index is 11.8. The minimum Gasteiger partial charge on any atom is -0.457 e. The highest BCUT2D eigenvalue weighted by Crippen LogP contribution is 2.20.